The largest absolute Gasteiger partial charge is 0.451 e. The van der Waals surface area contributed by atoms with Crippen LogP contribution < -0.4 is 5.43 Å². The Kier molecular flexibility index (Phi) is 3.71. The number of nitrogens with zero attached hydrogens (tertiary/aromatic N) is 2. The Labute approximate surface area is 157 Å². The van der Waals surface area contributed by atoms with Gasteiger partial charge >= 0.3 is 0 Å². The van der Waals surface area contributed by atoms with Crippen LogP contribution in [0.4, 0.5) is 0 Å². The molecule has 0 radical (unpaired) electrons. The molecule has 1 spiro atoms. The number of ether oxygens (including phenoxy) is 1. The second kappa shape index (κ2) is 5.91. The lowest BCUT2D eigenvalue weighted by molar-refractivity contribution is 0.00225. The molecule has 6 heteroatoms. The molecule has 0 unspecified atom stereocenters. The summed E-state index contributed by atoms with van der Waals surface area (Å²) in [6, 6.07) is 8.36. The monoisotopic (exact) mass is 368 g/mol. The van der Waals surface area contributed by atoms with Gasteiger partial charge in [-0.15, -0.1) is 0 Å². The first kappa shape index (κ1) is 17.0. The topological polar surface area (TPSA) is 63.0 Å². The van der Waals surface area contributed by atoms with Crippen molar-refractivity contribution in [3.05, 3.63) is 46.3 Å². The summed E-state index contributed by atoms with van der Waals surface area (Å²) >= 11 is 0. The van der Waals surface area contributed by atoms with Crippen molar-refractivity contribution in [2.24, 2.45) is 11.8 Å². The molecule has 6 nitrogen and oxygen atoms in total. The lowest BCUT2D eigenvalue weighted by atomic mass is 9.73. The van der Waals surface area contributed by atoms with Gasteiger partial charge in [0.1, 0.15) is 5.58 Å². The van der Waals surface area contributed by atoms with Crippen molar-refractivity contribution in [2.45, 2.75) is 24.5 Å². The first-order valence-electron chi connectivity index (χ1n) is 9.61. The van der Waals surface area contributed by atoms with Crippen molar-refractivity contribution >= 4 is 16.9 Å². The van der Waals surface area contributed by atoms with Crippen LogP contribution in [0.5, 0.6) is 0 Å². The predicted molar refractivity (Wildman–Crippen MR) is 101 cm³/mol. The predicted octanol–water partition coefficient (Wildman–Crippen LogP) is 1.97. The number of hydrogen-bond donors (Lipinski definition) is 0. The van der Waals surface area contributed by atoms with Gasteiger partial charge in [-0.1, -0.05) is 12.1 Å². The summed E-state index contributed by atoms with van der Waals surface area (Å²) in [5, 5.41) is 0.499. The number of likely N-dealkylation sites (tertiary alicyclic amines) is 1. The average molecular weight is 368 g/mol. The summed E-state index contributed by atoms with van der Waals surface area (Å²) in [6.07, 6.45) is 2.40. The quantitative estimate of drug-likeness (QED) is 0.829. The second-order valence-electron chi connectivity index (χ2n) is 8.45. The number of carbonyl (C=O) groups excluding carboxylic acids is 1. The van der Waals surface area contributed by atoms with E-state index in [0.717, 1.165) is 19.4 Å². The van der Waals surface area contributed by atoms with Crippen LogP contribution in [0.1, 0.15) is 23.4 Å². The third-order valence-electron chi connectivity index (χ3n) is 6.49. The van der Waals surface area contributed by atoms with Crippen LogP contribution in [0, 0.1) is 11.8 Å². The van der Waals surface area contributed by atoms with E-state index in [1.54, 1.807) is 24.3 Å². The molecule has 5 rings (SSSR count). The van der Waals surface area contributed by atoms with Gasteiger partial charge in [0.2, 0.25) is 0 Å². The summed E-state index contributed by atoms with van der Waals surface area (Å²) in [5.41, 5.74) is 0.0620. The van der Waals surface area contributed by atoms with Crippen LogP contribution in [-0.4, -0.2) is 61.1 Å². The summed E-state index contributed by atoms with van der Waals surface area (Å²) in [5.74, 6) is 0.719. The highest BCUT2D eigenvalue weighted by Crippen LogP contribution is 2.55. The van der Waals surface area contributed by atoms with Gasteiger partial charge in [-0.05, 0) is 39.1 Å². The Balaban J connectivity index is 1.44. The zero-order chi connectivity index (χ0) is 18.8. The minimum Gasteiger partial charge on any atom is -0.451 e. The van der Waals surface area contributed by atoms with Crippen molar-refractivity contribution in [3.63, 3.8) is 0 Å². The van der Waals surface area contributed by atoms with Crippen molar-refractivity contribution in [1.29, 1.82) is 0 Å². The van der Waals surface area contributed by atoms with E-state index in [1.165, 1.54) is 6.07 Å². The third-order valence-corrected chi connectivity index (χ3v) is 6.49. The maximum atomic E-state index is 13.1. The molecule has 2 bridgehead atoms. The molecule has 0 saturated carbocycles. The van der Waals surface area contributed by atoms with E-state index < -0.39 is 0 Å². The highest BCUT2D eigenvalue weighted by molar-refractivity contribution is 5.93. The van der Waals surface area contributed by atoms with Gasteiger partial charge in [-0.3, -0.25) is 9.59 Å². The minimum atomic E-state index is -0.211. The minimum absolute atomic E-state index is 0.119. The lowest BCUT2D eigenvalue weighted by Crippen LogP contribution is -2.40. The number of hydrogen-bond acceptors (Lipinski definition) is 5. The Morgan fingerprint density at radius 3 is 2.96 bits per heavy atom. The number of rotatable bonds is 3. The zero-order valence-corrected chi connectivity index (χ0v) is 15.7. The highest BCUT2D eigenvalue weighted by atomic mass is 16.5. The van der Waals surface area contributed by atoms with Crippen LogP contribution in [0.2, 0.25) is 0 Å². The average Bonchev–Trinajstić information content (AvgIpc) is 3.30. The van der Waals surface area contributed by atoms with Gasteiger partial charge in [-0.25, -0.2) is 0 Å². The van der Waals surface area contributed by atoms with E-state index >= 15 is 0 Å². The van der Waals surface area contributed by atoms with Crippen LogP contribution in [-0.2, 0) is 4.74 Å². The van der Waals surface area contributed by atoms with E-state index in [-0.39, 0.29) is 22.7 Å². The van der Waals surface area contributed by atoms with Gasteiger partial charge in [0.05, 0.1) is 23.6 Å². The Morgan fingerprint density at radius 1 is 1.33 bits per heavy atom. The Hall–Kier alpha value is -2.18. The maximum absolute atomic E-state index is 13.1. The number of fused-ring (bicyclic) bond motifs is 2. The molecular weight excluding hydrogens is 344 g/mol. The van der Waals surface area contributed by atoms with Crippen LogP contribution >= 0.6 is 0 Å². The molecule has 142 valence electrons. The van der Waals surface area contributed by atoms with Crippen molar-refractivity contribution in [3.8, 4) is 0 Å². The molecule has 3 aliphatic heterocycles. The standard InChI is InChI=1S/C21H24N2O4/c1-22(2)10-14-15-11-23(12-21(15)8-7-18(14)27-21)20(25)19-9-16(24)13-5-3-4-6-17(13)26-19/h3-6,9,14-15,18H,7-8,10-12H2,1-2H3/t14-,15+,18+,21+/m1/s1. The van der Waals surface area contributed by atoms with Gasteiger partial charge in [-0.2, -0.15) is 0 Å². The summed E-state index contributed by atoms with van der Waals surface area (Å²) in [4.78, 5) is 29.5. The van der Waals surface area contributed by atoms with Crippen molar-refractivity contribution in [2.75, 3.05) is 33.7 Å². The van der Waals surface area contributed by atoms with Gasteiger partial charge < -0.3 is 19.0 Å². The fourth-order valence-electron chi connectivity index (χ4n) is 5.38. The summed E-state index contributed by atoms with van der Waals surface area (Å²) in [7, 11) is 4.17. The SMILES string of the molecule is CN(C)C[C@H]1[C@@H]2CC[C@@]3(CN(C(=O)c4cc(=O)c5ccccc5o4)C[C@@H]13)O2. The van der Waals surface area contributed by atoms with E-state index in [4.69, 9.17) is 9.15 Å². The summed E-state index contributed by atoms with van der Waals surface area (Å²) < 4.78 is 12.2. The number of amides is 1. The van der Waals surface area contributed by atoms with Crippen LogP contribution in [0.3, 0.4) is 0 Å². The van der Waals surface area contributed by atoms with E-state index in [9.17, 15) is 9.59 Å². The van der Waals surface area contributed by atoms with E-state index in [2.05, 4.69) is 19.0 Å². The maximum Gasteiger partial charge on any atom is 0.289 e. The van der Waals surface area contributed by atoms with Gasteiger partial charge in [0, 0.05) is 31.0 Å². The number of para-hydroxylation sites is 1. The summed E-state index contributed by atoms with van der Waals surface area (Å²) in [6.45, 7) is 2.24. The first-order chi connectivity index (χ1) is 13.0. The molecule has 1 aromatic heterocycles. The van der Waals surface area contributed by atoms with Gasteiger partial charge in [0.25, 0.3) is 5.91 Å². The molecule has 0 N–H and O–H groups in total. The molecule has 2 aromatic rings. The second-order valence-corrected chi connectivity index (χ2v) is 8.45. The van der Waals surface area contributed by atoms with Crippen molar-refractivity contribution < 1.29 is 13.9 Å². The molecule has 4 heterocycles. The Bertz CT molecular complexity index is 968. The normalized spacial score (nSPS) is 31.8. The fourth-order valence-corrected chi connectivity index (χ4v) is 5.38. The lowest BCUT2D eigenvalue weighted by Gasteiger charge is -2.30. The molecule has 4 atom stereocenters. The number of carbonyl (C=O) groups is 1. The fraction of sp³-hybridized carbons (Fsp3) is 0.524. The van der Waals surface area contributed by atoms with Crippen LogP contribution in [0.25, 0.3) is 11.0 Å². The molecular formula is C21H24N2O4. The van der Waals surface area contributed by atoms with Gasteiger partial charge in [0.15, 0.2) is 11.2 Å². The molecule has 1 amide bonds. The Morgan fingerprint density at radius 2 is 2.15 bits per heavy atom. The molecule has 0 aliphatic carbocycles. The molecule has 27 heavy (non-hydrogen) atoms. The zero-order valence-electron chi connectivity index (χ0n) is 15.7. The molecule has 1 aromatic carbocycles. The number of benzene rings is 1. The van der Waals surface area contributed by atoms with Crippen LogP contribution in [0.15, 0.2) is 39.5 Å². The molecule has 3 fully saturated rings. The molecule has 3 saturated heterocycles. The van der Waals surface area contributed by atoms with Crippen molar-refractivity contribution in [1.82, 2.24) is 9.80 Å². The third kappa shape index (κ3) is 2.54. The first-order valence-corrected chi connectivity index (χ1v) is 9.61. The van der Waals surface area contributed by atoms with E-state index in [1.807, 2.05) is 4.90 Å². The van der Waals surface area contributed by atoms with E-state index in [0.29, 0.717) is 42.0 Å². The highest BCUT2D eigenvalue weighted by Gasteiger charge is 2.63. The smallest absolute Gasteiger partial charge is 0.289 e. The molecule has 3 aliphatic rings.